The Morgan fingerprint density at radius 3 is 2.37 bits per heavy atom. The van der Waals surface area contributed by atoms with Crippen molar-refractivity contribution in [2.45, 2.75) is 32.6 Å². The number of ether oxygens (including phenoxy) is 4. The number of para-hydroxylation sites is 1. The van der Waals surface area contributed by atoms with Crippen molar-refractivity contribution in [1.29, 1.82) is 0 Å². The van der Waals surface area contributed by atoms with Crippen molar-refractivity contribution in [2.24, 2.45) is 11.8 Å². The number of methoxy groups -OCH3 is 2. The van der Waals surface area contributed by atoms with E-state index in [1.165, 1.54) is 6.92 Å². The van der Waals surface area contributed by atoms with E-state index in [1.54, 1.807) is 44.6 Å². The van der Waals surface area contributed by atoms with Crippen LogP contribution in [0.2, 0.25) is 0 Å². The number of piperidine rings is 1. The molecule has 0 aromatic heterocycles. The summed E-state index contributed by atoms with van der Waals surface area (Å²) in [6, 6.07) is 10.3. The summed E-state index contributed by atoms with van der Waals surface area (Å²) in [6.07, 6.45) is 3.46. The molecule has 8 nitrogen and oxygen atoms in total. The van der Waals surface area contributed by atoms with Crippen LogP contribution in [-0.4, -0.2) is 56.7 Å². The van der Waals surface area contributed by atoms with Gasteiger partial charge in [0.1, 0.15) is 18.0 Å². The van der Waals surface area contributed by atoms with Crippen molar-refractivity contribution in [3.63, 3.8) is 0 Å². The fraction of sp³-hybridized carbons (Fsp3) is 0.444. The van der Waals surface area contributed by atoms with Gasteiger partial charge >= 0.3 is 11.9 Å². The van der Waals surface area contributed by atoms with Crippen LogP contribution in [0.25, 0.3) is 0 Å². The number of esters is 2. The summed E-state index contributed by atoms with van der Waals surface area (Å²) in [7, 11) is 3.17. The van der Waals surface area contributed by atoms with Crippen LogP contribution in [0.3, 0.4) is 0 Å². The number of hydrogen-bond acceptors (Lipinski definition) is 8. The minimum absolute atomic E-state index is 0.0195. The molecule has 8 heteroatoms. The maximum absolute atomic E-state index is 13.0. The lowest BCUT2D eigenvalue weighted by Crippen LogP contribution is -2.37. The van der Waals surface area contributed by atoms with Gasteiger partial charge in [0.05, 0.1) is 14.2 Å². The molecule has 1 aliphatic carbocycles. The molecule has 1 unspecified atom stereocenters. The number of rotatable bonds is 8. The number of carbonyl (C=O) groups excluding carboxylic acids is 3. The number of likely N-dealkylation sites (tertiary alicyclic amines) is 1. The molecule has 186 valence electrons. The summed E-state index contributed by atoms with van der Waals surface area (Å²) in [5.74, 6) is 1.02. The van der Waals surface area contributed by atoms with E-state index in [0.29, 0.717) is 17.4 Å². The zero-order valence-corrected chi connectivity index (χ0v) is 20.4. The Morgan fingerprint density at radius 2 is 1.69 bits per heavy atom. The molecule has 4 rings (SSSR count). The summed E-state index contributed by atoms with van der Waals surface area (Å²) >= 11 is 0. The molecular weight excluding hydrogens is 450 g/mol. The first-order chi connectivity index (χ1) is 16.9. The van der Waals surface area contributed by atoms with E-state index in [0.717, 1.165) is 49.9 Å². The Labute approximate surface area is 205 Å². The van der Waals surface area contributed by atoms with Crippen LogP contribution < -0.4 is 14.2 Å². The minimum Gasteiger partial charge on any atom is -0.493 e. The molecule has 1 saturated heterocycles. The molecule has 0 saturated carbocycles. The fourth-order valence-electron chi connectivity index (χ4n) is 4.95. The van der Waals surface area contributed by atoms with Crippen LogP contribution in [0, 0.1) is 11.8 Å². The van der Waals surface area contributed by atoms with E-state index in [2.05, 4.69) is 4.90 Å². The monoisotopic (exact) mass is 481 g/mol. The van der Waals surface area contributed by atoms with E-state index in [4.69, 9.17) is 18.9 Å². The fourth-order valence-corrected chi connectivity index (χ4v) is 4.95. The zero-order valence-electron chi connectivity index (χ0n) is 20.4. The Kier molecular flexibility index (Phi) is 7.70. The molecule has 0 N–H and O–H groups in total. The van der Waals surface area contributed by atoms with E-state index in [-0.39, 0.29) is 29.7 Å². The summed E-state index contributed by atoms with van der Waals surface area (Å²) in [6.45, 7) is 3.04. The van der Waals surface area contributed by atoms with Gasteiger partial charge in [-0.2, -0.15) is 0 Å². The average Bonchev–Trinajstić information content (AvgIpc) is 3.16. The van der Waals surface area contributed by atoms with Gasteiger partial charge in [0.25, 0.3) is 0 Å². The lowest BCUT2D eigenvalue weighted by atomic mass is 9.85. The van der Waals surface area contributed by atoms with Gasteiger partial charge in [-0.15, -0.1) is 0 Å². The molecule has 2 aromatic rings. The predicted octanol–water partition coefficient (Wildman–Crippen LogP) is 3.90. The maximum atomic E-state index is 13.0. The van der Waals surface area contributed by atoms with Gasteiger partial charge in [0.2, 0.25) is 0 Å². The van der Waals surface area contributed by atoms with Gasteiger partial charge in [-0.1, -0.05) is 12.1 Å². The van der Waals surface area contributed by atoms with Gasteiger partial charge in [-0.25, -0.2) is 4.79 Å². The van der Waals surface area contributed by atoms with E-state index in [9.17, 15) is 14.4 Å². The van der Waals surface area contributed by atoms with Crippen LogP contribution in [0.5, 0.6) is 17.2 Å². The first-order valence-corrected chi connectivity index (χ1v) is 11.9. The Bertz CT molecular complexity index is 1100. The average molecular weight is 482 g/mol. The molecule has 0 spiro atoms. The van der Waals surface area contributed by atoms with E-state index < -0.39 is 11.9 Å². The Hall–Kier alpha value is -3.39. The normalized spacial score (nSPS) is 18.1. The van der Waals surface area contributed by atoms with Crippen molar-refractivity contribution in [3.8, 4) is 17.2 Å². The van der Waals surface area contributed by atoms with Crippen molar-refractivity contribution in [2.75, 3.05) is 34.0 Å². The summed E-state index contributed by atoms with van der Waals surface area (Å²) in [5, 5.41) is 0. The van der Waals surface area contributed by atoms with Crippen molar-refractivity contribution in [1.82, 2.24) is 4.90 Å². The van der Waals surface area contributed by atoms with Gasteiger partial charge in [-0.3, -0.25) is 14.5 Å². The maximum Gasteiger partial charge on any atom is 0.343 e. The Morgan fingerprint density at radius 1 is 1.00 bits per heavy atom. The largest absolute Gasteiger partial charge is 0.493 e. The molecule has 1 atom stereocenters. The topological polar surface area (TPSA) is 91.4 Å². The molecule has 35 heavy (non-hydrogen) atoms. The van der Waals surface area contributed by atoms with Gasteiger partial charge in [0, 0.05) is 31.5 Å². The highest BCUT2D eigenvalue weighted by atomic mass is 16.6. The third-order valence-electron chi connectivity index (χ3n) is 6.78. The molecule has 1 heterocycles. The molecule has 0 radical (unpaired) electrons. The molecule has 2 aliphatic rings. The van der Waals surface area contributed by atoms with Gasteiger partial charge in [-0.05, 0) is 61.4 Å². The molecular formula is C27H31NO7. The second-order valence-electron chi connectivity index (χ2n) is 9.08. The van der Waals surface area contributed by atoms with Gasteiger partial charge < -0.3 is 18.9 Å². The lowest BCUT2D eigenvalue weighted by Gasteiger charge is -2.32. The molecule has 1 aliphatic heterocycles. The molecule has 2 aromatic carbocycles. The van der Waals surface area contributed by atoms with Crippen molar-refractivity contribution >= 4 is 17.7 Å². The first-order valence-electron chi connectivity index (χ1n) is 11.9. The highest BCUT2D eigenvalue weighted by Gasteiger charge is 2.34. The smallest absolute Gasteiger partial charge is 0.343 e. The van der Waals surface area contributed by atoms with Crippen molar-refractivity contribution in [3.05, 3.63) is 53.1 Å². The van der Waals surface area contributed by atoms with Crippen LogP contribution in [-0.2, 0) is 16.0 Å². The van der Waals surface area contributed by atoms with Crippen LogP contribution in [0.15, 0.2) is 36.4 Å². The number of fused-ring (bicyclic) bond motifs is 1. The predicted molar refractivity (Wildman–Crippen MR) is 128 cm³/mol. The SMILES string of the molecule is COc1cc2c(cc1OC)C(=O)C(CC1CCN(COC(=O)c3ccccc3OC(C)=O)CC1)C2. The quantitative estimate of drug-likeness (QED) is 0.414. The van der Waals surface area contributed by atoms with E-state index in [1.807, 2.05) is 6.07 Å². The number of Topliss-reactive ketones (excluding diaryl/α,β-unsaturated/α-hetero) is 1. The molecule has 0 bridgehead atoms. The van der Waals surface area contributed by atoms with Crippen LogP contribution >= 0.6 is 0 Å². The summed E-state index contributed by atoms with van der Waals surface area (Å²) in [5.41, 5.74) is 1.99. The molecule has 1 fully saturated rings. The third-order valence-corrected chi connectivity index (χ3v) is 6.78. The first kappa shape index (κ1) is 24.7. The molecule has 0 amide bonds. The standard InChI is InChI=1S/C27H31NO7/c1-17(29)35-23-7-5-4-6-21(23)27(31)34-16-28-10-8-18(9-11-28)12-20-13-19-14-24(32-2)25(33-3)15-22(19)26(20)30/h4-7,14-15,18,20H,8-13,16H2,1-3H3. The zero-order chi connectivity index (χ0) is 24.9. The second kappa shape index (κ2) is 10.9. The van der Waals surface area contributed by atoms with Crippen LogP contribution in [0.4, 0.5) is 0 Å². The Balaban J connectivity index is 1.26. The number of ketones is 1. The number of benzene rings is 2. The lowest BCUT2D eigenvalue weighted by molar-refractivity contribution is -0.131. The number of carbonyl (C=O) groups is 3. The third kappa shape index (κ3) is 5.65. The summed E-state index contributed by atoms with van der Waals surface area (Å²) in [4.78, 5) is 38.9. The minimum atomic E-state index is -0.524. The van der Waals surface area contributed by atoms with Crippen molar-refractivity contribution < 1.29 is 33.3 Å². The highest BCUT2D eigenvalue weighted by Crippen LogP contribution is 2.39. The second-order valence-corrected chi connectivity index (χ2v) is 9.08. The van der Waals surface area contributed by atoms with E-state index >= 15 is 0 Å². The summed E-state index contributed by atoms with van der Waals surface area (Å²) < 4.78 is 21.3. The van der Waals surface area contributed by atoms with Gasteiger partial charge in [0.15, 0.2) is 17.3 Å². The van der Waals surface area contributed by atoms with Crippen LogP contribution in [0.1, 0.15) is 52.5 Å². The number of hydrogen-bond donors (Lipinski definition) is 0. The number of nitrogens with zero attached hydrogens (tertiary/aromatic N) is 1. The highest BCUT2D eigenvalue weighted by molar-refractivity contribution is 6.03.